The van der Waals surface area contributed by atoms with E-state index in [0.717, 1.165) is 30.6 Å². The molecule has 1 aromatic rings. The van der Waals surface area contributed by atoms with Crippen molar-refractivity contribution >= 4 is 21.4 Å². The molecule has 3 N–H and O–H groups in total. The molecule has 0 bridgehead atoms. The topological polar surface area (TPSA) is 70.2 Å². The summed E-state index contributed by atoms with van der Waals surface area (Å²) in [6.45, 7) is 3.84. The van der Waals surface area contributed by atoms with E-state index in [1.165, 1.54) is 0 Å². The maximum absolute atomic E-state index is 11.1. The fraction of sp³-hybridized carbons (Fsp3) is 0.455. The molecule has 6 heteroatoms. The summed E-state index contributed by atoms with van der Waals surface area (Å²) in [7, 11) is -3.21. The van der Waals surface area contributed by atoms with E-state index in [9.17, 15) is 8.42 Å². The lowest BCUT2D eigenvalue weighted by atomic mass is 10.1. The molecular weight excluding hydrogens is 238 g/mol. The molecule has 1 fully saturated rings. The zero-order chi connectivity index (χ0) is 12.5. The summed E-state index contributed by atoms with van der Waals surface area (Å²) in [6, 6.07) is 6.10. The standard InChI is InChI=1S/C11H17N3O2S/c1-8-5-9(13-10-6-12-7-10)3-4-11(8)14-17(2,15)16/h3-5,10,12-14H,6-7H2,1-2H3. The molecule has 0 radical (unpaired) electrons. The predicted octanol–water partition coefficient (Wildman–Crippen LogP) is 0.750. The van der Waals surface area contributed by atoms with Crippen LogP contribution in [-0.4, -0.2) is 33.8 Å². The fourth-order valence-corrected chi connectivity index (χ4v) is 2.32. The summed E-state index contributed by atoms with van der Waals surface area (Å²) in [5, 5.41) is 6.55. The molecular formula is C11H17N3O2S. The molecule has 1 aliphatic heterocycles. The molecule has 17 heavy (non-hydrogen) atoms. The van der Waals surface area contributed by atoms with Crippen molar-refractivity contribution in [2.24, 2.45) is 0 Å². The van der Waals surface area contributed by atoms with Gasteiger partial charge in [-0.05, 0) is 30.7 Å². The molecule has 1 aliphatic rings. The van der Waals surface area contributed by atoms with Crippen LogP contribution in [0.3, 0.4) is 0 Å². The van der Waals surface area contributed by atoms with Crippen molar-refractivity contribution in [1.29, 1.82) is 0 Å². The highest BCUT2D eigenvalue weighted by atomic mass is 32.2. The van der Waals surface area contributed by atoms with Gasteiger partial charge in [0.1, 0.15) is 0 Å². The predicted molar refractivity (Wildman–Crippen MR) is 69.9 cm³/mol. The molecule has 0 saturated carbocycles. The van der Waals surface area contributed by atoms with Crippen LogP contribution in [0.2, 0.25) is 0 Å². The second-order valence-electron chi connectivity index (χ2n) is 4.40. The minimum Gasteiger partial charge on any atom is -0.380 e. The Morgan fingerprint density at radius 2 is 2.06 bits per heavy atom. The summed E-state index contributed by atoms with van der Waals surface area (Å²) in [6.07, 6.45) is 1.15. The van der Waals surface area contributed by atoms with Crippen molar-refractivity contribution in [3.63, 3.8) is 0 Å². The first kappa shape index (κ1) is 12.2. The molecule has 1 saturated heterocycles. The van der Waals surface area contributed by atoms with Crippen molar-refractivity contribution < 1.29 is 8.42 Å². The summed E-state index contributed by atoms with van der Waals surface area (Å²) in [4.78, 5) is 0. The van der Waals surface area contributed by atoms with Gasteiger partial charge >= 0.3 is 0 Å². The molecule has 0 atom stereocenters. The normalized spacial score (nSPS) is 16.4. The van der Waals surface area contributed by atoms with Crippen molar-refractivity contribution in [2.75, 3.05) is 29.4 Å². The lowest BCUT2D eigenvalue weighted by Crippen LogP contribution is -2.51. The number of aryl methyl sites for hydroxylation is 1. The Kier molecular flexibility index (Phi) is 3.26. The Morgan fingerprint density at radius 1 is 1.35 bits per heavy atom. The molecule has 0 aliphatic carbocycles. The summed E-state index contributed by atoms with van der Waals surface area (Å²) in [5.41, 5.74) is 2.56. The number of hydrogen-bond acceptors (Lipinski definition) is 4. The van der Waals surface area contributed by atoms with Gasteiger partial charge in [-0.1, -0.05) is 0 Å². The van der Waals surface area contributed by atoms with Crippen LogP contribution in [0.4, 0.5) is 11.4 Å². The Balaban J connectivity index is 2.10. The molecule has 94 valence electrons. The van der Waals surface area contributed by atoms with Crippen LogP contribution in [0.15, 0.2) is 18.2 Å². The molecule has 1 aromatic carbocycles. The molecule has 0 unspecified atom stereocenters. The first-order valence-electron chi connectivity index (χ1n) is 5.50. The van der Waals surface area contributed by atoms with E-state index in [-0.39, 0.29) is 0 Å². The van der Waals surface area contributed by atoms with Crippen LogP contribution in [-0.2, 0) is 10.0 Å². The average molecular weight is 255 g/mol. The summed E-state index contributed by atoms with van der Waals surface area (Å²) in [5.74, 6) is 0. The van der Waals surface area contributed by atoms with Crippen LogP contribution in [0, 0.1) is 6.92 Å². The van der Waals surface area contributed by atoms with Crippen LogP contribution in [0.25, 0.3) is 0 Å². The van der Waals surface area contributed by atoms with E-state index in [1.807, 2.05) is 19.1 Å². The van der Waals surface area contributed by atoms with Gasteiger partial charge in [0.15, 0.2) is 0 Å². The number of hydrogen-bond donors (Lipinski definition) is 3. The highest BCUT2D eigenvalue weighted by molar-refractivity contribution is 7.92. The number of benzene rings is 1. The molecule has 0 spiro atoms. The second-order valence-corrected chi connectivity index (χ2v) is 6.15. The van der Waals surface area contributed by atoms with Crippen molar-refractivity contribution in [2.45, 2.75) is 13.0 Å². The highest BCUT2D eigenvalue weighted by Gasteiger charge is 2.16. The Labute approximate surface area is 102 Å². The van der Waals surface area contributed by atoms with Gasteiger partial charge in [0.2, 0.25) is 10.0 Å². The van der Waals surface area contributed by atoms with E-state index in [4.69, 9.17) is 0 Å². The number of anilines is 2. The van der Waals surface area contributed by atoms with Gasteiger partial charge in [0.25, 0.3) is 0 Å². The zero-order valence-electron chi connectivity index (χ0n) is 9.95. The fourth-order valence-electron chi connectivity index (χ4n) is 1.69. The largest absolute Gasteiger partial charge is 0.380 e. The number of nitrogens with one attached hydrogen (secondary N) is 3. The van der Waals surface area contributed by atoms with Gasteiger partial charge in [-0.15, -0.1) is 0 Å². The van der Waals surface area contributed by atoms with Crippen molar-refractivity contribution in [1.82, 2.24) is 5.32 Å². The summed E-state index contributed by atoms with van der Waals surface area (Å²) < 4.78 is 24.8. The third-order valence-electron chi connectivity index (χ3n) is 2.67. The lowest BCUT2D eigenvalue weighted by Gasteiger charge is -2.29. The quantitative estimate of drug-likeness (QED) is 0.742. The third kappa shape index (κ3) is 3.34. The van der Waals surface area contributed by atoms with E-state index >= 15 is 0 Å². The van der Waals surface area contributed by atoms with E-state index in [2.05, 4.69) is 15.4 Å². The monoisotopic (exact) mass is 255 g/mol. The summed E-state index contributed by atoms with van der Waals surface area (Å²) >= 11 is 0. The SMILES string of the molecule is Cc1cc(NC2CNC2)ccc1NS(C)(=O)=O. The van der Waals surface area contributed by atoms with Crippen LogP contribution < -0.4 is 15.4 Å². The first-order chi connectivity index (χ1) is 7.94. The maximum atomic E-state index is 11.1. The maximum Gasteiger partial charge on any atom is 0.229 e. The van der Waals surface area contributed by atoms with Crippen LogP contribution in [0.5, 0.6) is 0 Å². The van der Waals surface area contributed by atoms with Crippen molar-refractivity contribution in [3.05, 3.63) is 23.8 Å². The van der Waals surface area contributed by atoms with E-state index in [0.29, 0.717) is 11.7 Å². The molecule has 1 heterocycles. The van der Waals surface area contributed by atoms with Crippen molar-refractivity contribution in [3.8, 4) is 0 Å². The average Bonchev–Trinajstić information content (AvgIpc) is 2.14. The van der Waals surface area contributed by atoms with Gasteiger partial charge in [-0.3, -0.25) is 4.72 Å². The van der Waals surface area contributed by atoms with Gasteiger partial charge in [-0.25, -0.2) is 8.42 Å². The molecule has 0 aromatic heterocycles. The van der Waals surface area contributed by atoms with Gasteiger partial charge < -0.3 is 10.6 Å². The Morgan fingerprint density at radius 3 is 2.53 bits per heavy atom. The highest BCUT2D eigenvalue weighted by Crippen LogP contribution is 2.21. The lowest BCUT2D eigenvalue weighted by molar-refractivity contribution is 0.472. The molecule has 2 rings (SSSR count). The number of sulfonamides is 1. The first-order valence-corrected chi connectivity index (χ1v) is 7.39. The molecule has 5 nitrogen and oxygen atoms in total. The smallest absolute Gasteiger partial charge is 0.229 e. The zero-order valence-corrected chi connectivity index (χ0v) is 10.8. The minimum atomic E-state index is -3.21. The Bertz CT molecular complexity index is 509. The van der Waals surface area contributed by atoms with E-state index < -0.39 is 10.0 Å². The minimum absolute atomic E-state index is 0.475. The third-order valence-corrected chi connectivity index (χ3v) is 3.26. The van der Waals surface area contributed by atoms with E-state index in [1.54, 1.807) is 6.07 Å². The van der Waals surface area contributed by atoms with Crippen LogP contribution in [0.1, 0.15) is 5.56 Å². The van der Waals surface area contributed by atoms with Crippen LogP contribution >= 0.6 is 0 Å². The second kappa shape index (κ2) is 4.54. The Hall–Kier alpha value is -1.27. The van der Waals surface area contributed by atoms with Gasteiger partial charge in [-0.2, -0.15) is 0 Å². The number of rotatable bonds is 4. The van der Waals surface area contributed by atoms with Gasteiger partial charge in [0.05, 0.1) is 18.0 Å². The van der Waals surface area contributed by atoms with Gasteiger partial charge in [0, 0.05) is 18.8 Å². The molecule has 0 amide bonds.